The molecule has 5 nitrogen and oxygen atoms in total. The highest BCUT2D eigenvalue weighted by Gasteiger charge is 2.23. The van der Waals surface area contributed by atoms with Gasteiger partial charge in [0, 0.05) is 24.9 Å². The Kier molecular flexibility index (Phi) is 3.76. The molecule has 1 aliphatic rings. The van der Waals surface area contributed by atoms with Gasteiger partial charge in [-0.15, -0.1) is 0 Å². The van der Waals surface area contributed by atoms with Crippen LogP contribution in [0.2, 0.25) is 0 Å². The molecule has 96 valence electrons. The molecule has 2 amide bonds. The summed E-state index contributed by atoms with van der Waals surface area (Å²) >= 11 is 4.03. The summed E-state index contributed by atoms with van der Waals surface area (Å²) in [5.74, 6) is 0.884. The van der Waals surface area contributed by atoms with Gasteiger partial charge in [-0.25, -0.2) is 0 Å². The molecule has 0 bridgehead atoms. The van der Waals surface area contributed by atoms with E-state index in [1.54, 1.807) is 25.2 Å². The topological polar surface area (TPSA) is 58.6 Å². The lowest BCUT2D eigenvalue weighted by Gasteiger charge is -2.26. The van der Waals surface area contributed by atoms with Crippen LogP contribution in [-0.4, -0.2) is 37.8 Å². The Bertz CT molecular complexity index is 490. The Morgan fingerprint density at radius 2 is 2.33 bits per heavy atom. The van der Waals surface area contributed by atoms with Crippen molar-refractivity contribution in [3.63, 3.8) is 0 Å². The molecule has 0 aliphatic carbocycles. The van der Waals surface area contributed by atoms with Crippen LogP contribution >= 0.6 is 12.6 Å². The number of carbonyl (C=O) groups excluding carboxylic acids is 2. The molecule has 0 saturated carbocycles. The summed E-state index contributed by atoms with van der Waals surface area (Å²) in [6, 6.07) is 5.03. The van der Waals surface area contributed by atoms with E-state index in [1.165, 1.54) is 4.90 Å². The Morgan fingerprint density at radius 1 is 1.56 bits per heavy atom. The first-order valence-electron chi connectivity index (χ1n) is 5.56. The van der Waals surface area contributed by atoms with Crippen molar-refractivity contribution in [3.05, 3.63) is 23.8 Å². The summed E-state index contributed by atoms with van der Waals surface area (Å²) in [5, 5.41) is 2.72. The molecule has 1 N–H and O–H groups in total. The molecule has 0 spiro atoms. The molecule has 1 aromatic rings. The van der Waals surface area contributed by atoms with Gasteiger partial charge < -0.3 is 15.0 Å². The van der Waals surface area contributed by atoms with E-state index >= 15 is 0 Å². The van der Waals surface area contributed by atoms with Gasteiger partial charge in [-0.1, -0.05) is 0 Å². The van der Waals surface area contributed by atoms with E-state index in [2.05, 4.69) is 17.9 Å². The molecule has 1 aromatic carbocycles. The van der Waals surface area contributed by atoms with Gasteiger partial charge >= 0.3 is 0 Å². The number of hydrogen-bond donors (Lipinski definition) is 2. The molecular weight excluding hydrogens is 252 g/mol. The summed E-state index contributed by atoms with van der Waals surface area (Å²) < 4.78 is 5.29. The Morgan fingerprint density at radius 3 is 3.06 bits per heavy atom. The van der Waals surface area contributed by atoms with E-state index in [0.717, 1.165) is 0 Å². The largest absolute Gasteiger partial charge is 0.482 e. The van der Waals surface area contributed by atoms with Crippen LogP contribution in [0.15, 0.2) is 18.2 Å². The number of nitrogens with zero attached hydrogens (tertiary/aromatic N) is 1. The van der Waals surface area contributed by atoms with Crippen molar-refractivity contribution in [2.45, 2.75) is 0 Å². The highest BCUT2D eigenvalue weighted by molar-refractivity contribution is 7.80. The third-order valence-electron chi connectivity index (χ3n) is 2.71. The average molecular weight is 266 g/mol. The molecule has 2 rings (SSSR count). The quantitative estimate of drug-likeness (QED) is 0.792. The molecule has 1 aliphatic heterocycles. The van der Waals surface area contributed by atoms with Crippen molar-refractivity contribution in [1.82, 2.24) is 5.32 Å². The number of nitrogens with one attached hydrogen (secondary N) is 1. The zero-order chi connectivity index (χ0) is 13.1. The van der Waals surface area contributed by atoms with E-state index < -0.39 is 0 Å². The maximum Gasteiger partial charge on any atom is 0.264 e. The Hall–Kier alpha value is -1.69. The predicted molar refractivity (Wildman–Crippen MR) is 71.5 cm³/mol. The normalized spacial score (nSPS) is 13.9. The third kappa shape index (κ3) is 2.43. The maximum absolute atomic E-state index is 11.8. The van der Waals surface area contributed by atoms with Gasteiger partial charge in [0.2, 0.25) is 0 Å². The monoisotopic (exact) mass is 266 g/mol. The molecule has 6 heteroatoms. The van der Waals surface area contributed by atoms with E-state index in [1.807, 2.05) is 0 Å². The molecular formula is C12H14N2O3S. The first-order valence-corrected chi connectivity index (χ1v) is 6.19. The lowest BCUT2D eigenvalue weighted by molar-refractivity contribution is -0.120. The molecule has 18 heavy (non-hydrogen) atoms. The van der Waals surface area contributed by atoms with Crippen molar-refractivity contribution in [3.8, 4) is 5.75 Å². The standard InChI is InChI=1S/C12H14N2O3S/c1-14-9-6-8(12(16)13-4-5-18)2-3-10(9)17-7-11(14)15/h2-3,6,18H,4-5,7H2,1H3,(H,13,16). The van der Waals surface area contributed by atoms with E-state index in [4.69, 9.17) is 4.74 Å². The summed E-state index contributed by atoms with van der Waals surface area (Å²) in [5.41, 5.74) is 1.12. The van der Waals surface area contributed by atoms with Crippen LogP contribution < -0.4 is 15.0 Å². The van der Waals surface area contributed by atoms with Crippen LogP contribution in [-0.2, 0) is 4.79 Å². The lowest BCUT2D eigenvalue weighted by atomic mass is 10.1. The van der Waals surface area contributed by atoms with Crippen molar-refractivity contribution in [2.75, 3.05) is 30.9 Å². The van der Waals surface area contributed by atoms with Crippen LogP contribution in [0.1, 0.15) is 10.4 Å². The minimum Gasteiger partial charge on any atom is -0.482 e. The number of ether oxygens (including phenoxy) is 1. The van der Waals surface area contributed by atoms with Gasteiger partial charge in [-0.05, 0) is 18.2 Å². The molecule has 0 radical (unpaired) electrons. The Balaban J connectivity index is 2.26. The number of rotatable bonds is 3. The first kappa shape index (κ1) is 12.8. The van der Waals surface area contributed by atoms with Crippen LogP contribution in [0.25, 0.3) is 0 Å². The molecule has 0 atom stereocenters. The van der Waals surface area contributed by atoms with Crippen LogP contribution in [0.5, 0.6) is 5.75 Å². The minimum atomic E-state index is -0.182. The van der Waals surface area contributed by atoms with Gasteiger partial charge in [0.25, 0.3) is 11.8 Å². The van der Waals surface area contributed by atoms with Gasteiger partial charge in [-0.2, -0.15) is 12.6 Å². The SMILES string of the molecule is CN1C(=O)COc2ccc(C(=O)NCCS)cc21. The predicted octanol–water partition coefficient (Wildman–Crippen LogP) is 0.701. The van der Waals surface area contributed by atoms with Crippen molar-refractivity contribution < 1.29 is 14.3 Å². The van der Waals surface area contributed by atoms with E-state index in [0.29, 0.717) is 29.3 Å². The van der Waals surface area contributed by atoms with Gasteiger partial charge in [-0.3, -0.25) is 9.59 Å². The van der Waals surface area contributed by atoms with E-state index in [9.17, 15) is 9.59 Å². The molecule has 0 saturated heterocycles. The zero-order valence-electron chi connectivity index (χ0n) is 9.97. The fourth-order valence-corrected chi connectivity index (χ4v) is 1.80. The number of benzene rings is 1. The number of carbonyl (C=O) groups is 2. The molecule has 0 aromatic heterocycles. The third-order valence-corrected chi connectivity index (χ3v) is 2.93. The van der Waals surface area contributed by atoms with Crippen molar-refractivity contribution in [1.29, 1.82) is 0 Å². The zero-order valence-corrected chi connectivity index (χ0v) is 10.9. The van der Waals surface area contributed by atoms with E-state index in [-0.39, 0.29) is 18.4 Å². The molecule has 0 fully saturated rings. The highest BCUT2D eigenvalue weighted by Crippen LogP contribution is 2.31. The summed E-state index contributed by atoms with van der Waals surface area (Å²) in [7, 11) is 1.67. The molecule has 1 heterocycles. The summed E-state index contributed by atoms with van der Waals surface area (Å²) in [6.07, 6.45) is 0. The fraction of sp³-hybridized carbons (Fsp3) is 0.333. The van der Waals surface area contributed by atoms with Gasteiger partial charge in [0.1, 0.15) is 5.75 Å². The fourth-order valence-electron chi connectivity index (χ4n) is 1.68. The first-order chi connectivity index (χ1) is 8.63. The summed E-state index contributed by atoms with van der Waals surface area (Å²) in [4.78, 5) is 24.8. The minimum absolute atomic E-state index is 0.0364. The summed E-state index contributed by atoms with van der Waals surface area (Å²) in [6.45, 7) is 0.541. The maximum atomic E-state index is 11.8. The lowest BCUT2D eigenvalue weighted by Crippen LogP contribution is -2.35. The average Bonchev–Trinajstić information content (AvgIpc) is 2.40. The highest BCUT2D eigenvalue weighted by atomic mass is 32.1. The number of hydrogen-bond acceptors (Lipinski definition) is 4. The number of thiol groups is 1. The second-order valence-electron chi connectivity index (χ2n) is 3.90. The number of anilines is 1. The van der Waals surface area contributed by atoms with Crippen LogP contribution in [0, 0.1) is 0 Å². The van der Waals surface area contributed by atoms with Crippen molar-refractivity contribution >= 4 is 30.1 Å². The van der Waals surface area contributed by atoms with Gasteiger partial charge in [0.05, 0.1) is 5.69 Å². The van der Waals surface area contributed by atoms with Gasteiger partial charge in [0.15, 0.2) is 6.61 Å². The van der Waals surface area contributed by atoms with Crippen LogP contribution in [0.4, 0.5) is 5.69 Å². The second-order valence-corrected chi connectivity index (χ2v) is 4.35. The van der Waals surface area contributed by atoms with Crippen molar-refractivity contribution in [2.24, 2.45) is 0 Å². The molecule has 0 unspecified atom stereocenters. The Labute approximate surface area is 111 Å². The smallest absolute Gasteiger partial charge is 0.264 e. The van der Waals surface area contributed by atoms with Crippen LogP contribution in [0.3, 0.4) is 0 Å². The number of amides is 2. The second kappa shape index (κ2) is 5.30. The number of fused-ring (bicyclic) bond motifs is 1. The number of likely N-dealkylation sites (N-methyl/N-ethyl adjacent to an activating group) is 1.